The highest BCUT2D eigenvalue weighted by Crippen LogP contribution is 2.18. The minimum absolute atomic E-state index is 0.800. The molecule has 0 radical (unpaired) electrons. The first-order valence-corrected chi connectivity index (χ1v) is 17.5. The molecule has 36 heteroatoms. The summed E-state index contributed by atoms with van der Waals surface area (Å²) >= 11 is 0. The second kappa shape index (κ2) is 16.3. The molecule has 0 aromatic rings. The third-order valence-corrected chi connectivity index (χ3v) is 4.95. The summed E-state index contributed by atoms with van der Waals surface area (Å²) in [5.41, 5.74) is 0. The zero-order valence-corrected chi connectivity index (χ0v) is 24.1. The maximum Gasteiger partial charge on any atom is 0.355 e. The molecule has 0 saturated carbocycles. The normalized spacial score (nSPS) is 17.0. The van der Waals surface area contributed by atoms with E-state index < -0.39 is 99.5 Å². The van der Waals surface area contributed by atoms with Gasteiger partial charge in [0.2, 0.25) is 0 Å². The maximum atomic E-state index is 11.2. The fraction of sp³-hybridized carbons (Fsp3) is 1.00. The van der Waals surface area contributed by atoms with Crippen LogP contribution in [0.1, 0.15) is 0 Å². The quantitative estimate of drug-likeness (QED) is 0.0340. The van der Waals surface area contributed by atoms with Crippen molar-refractivity contribution in [3.8, 4) is 0 Å². The summed E-state index contributed by atoms with van der Waals surface area (Å²) in [5.74, 6) is 0. The van der Waals surface area contributed by atoms with E-state index in [1.165, 1.54) is 0 Å². The van der Waals surface area contributed by atoms with Crippen molar-refractivity contribution in [3.05, 3.63) is 0 Å². The molecule has 12 N–H and O–H groups in total. The van der Waals surface area contributed by atoms with Gasteiger partial charge in [0.05, 0.1) is 0 Å². The van der Waals surface area contributed by atoms with Crippen molar-refractivity contribution in [3.63, 3.8) is 0 Å². The van der Waals surface area contributed by atoms with Crippen LogP contribution in [0.4, 0.5) is 0 Å². The van der Waals surface area contributed by atoms with Crippen LogP contribution in [0.25, 0.3) is 0 Å². The van der Waals surface area contributed by atoms with Crippen molar-refractivity contribution >= 4 is 61.8 Å². The van der Waals surface area contributed by atoms with Gasteiger partial charge in [-0.05, 0) is 0 Å². The average molecular weight is 753 g/mol. The fourth-order valence-corrected chi connectivity index (χ4v) is 3.35. The highest BCUT2D eigenvalue weighted by Gasteiger charge is 2.43. The van der Waals surface area contributed by atoms with Gasteiger partial charge >= 0.3 is 61.8 Å². The monoisotopic (exact) mass is 752 g/mol. The van der Waals surface area contributed by atoms with Gasteiger partial charge in [-0.1, -0.05) is 29.3 Å². The predicted molar refractivity (Wildman–Crippen MR) is 120 cm³/mol. The lowest BCUT2D eigenvalue weighted by molar-refractivity contribution is -0.227. The molecule has 0 spiro atoms. The van der Waals surface area contributed by atoms with E-state index in [9.17, 15) is 50.5 Å². The van der Waals surface area contributed by atoms with E-state index in [1.807, 2.05) is 0 Å². The van der Waals surface area contributed by atoms with Crippen LogP contribution < -0.4 is 29.3 Å². The Morgan fingerprint density at radius 2 is 0.595 bits per heavy atom. The van der Waals surface area contributed by atoms with E-state index in [2.05, 4.69) is 29.0 Å². The summed E-state index contributed by atoms with van der Waals surface area (Å²) < 4.78 is 185. The van der Waals surface area contributed by atoms with Gasteiger partial charge in [0.15, 0.2) is 0 Å². The van der Waals surface area contributed by atoms with Crippen LogP contribution in [0.3, 0.4) is 0 Å². The van der Waals surface area contributed by atoms with Crippen LogP contribution in [0.5, 0.6) is 0 Å². The molecule has 0 aliphatic heterocycles. The Morgan fingerprint density at radius 3 is 0.810 bits per heavy atom. The summed E-state index contributed by atoms with van der Waals surface area (Å²) in [7, 11) is -32.4. The molecule has 0 aliphatic rings. The number of nitrogens with one attached hydrogen (secondary N) is 6. The lowest BCUT2D eigenvalue weighted by Gasteiger charge is -2.34. The van der Waals surface area contributed by atoms with Crippen molar-refractivity contribution in [1.82, 2.24) is 29.3 Å². The number of rotatable bonds is 23. The van der Waals surface area contributed by atoms with Gasteiger partial charge in [-0.25, -0.2) is 0 Å². The molecule has 0 amide bonds. The summed E-state index contributed by atoms with van der Waals surface area (Å²) in [6, 6.07) is 0. The first kappa shape index (κ1) is 41.0. The Morgan fingerprint density at radius 1 is 0.381 bits per heavy atom. The molecule has 4 atom stereocenters. The second-order valence-electron chi connectivity index (χ2n) is 6.45. The third kappa shape index (κ3) is 23.4. The van der Waals surface area contributed by atoms with Gasteiger partial charge in [0.1, 0.15) is 37.6 Å². The molecule has 0 aromatic carbocycles. The van der Waals surface area contributed by atoms with Crippen LogP contribution in [-0.2, 0) is 90.9 Å². The summed E-state index contributed by atoms with van der Waals surface area (Å²) in [6.07, 6.45) is -10.9. The van der Waals surface area contributed by atoms with E-state index >= 15 is 0 Å². The van der Waals surface area contributed by atoms with Gasteiger partial charge in [-0.15, -0.1) is 0 Å². The molecule has 0 saturated heterocycles. The molecule has 42 heavy (non-hydrogen) atoms. The molecule has 0 aliphatic carbocycles. The highest BCUT2D eigenvalue weighted by molar-refractivity contribution is 7.84. The van der Waals surface area contributed by atoms with Gasteiger partial charge in [0, 0.05) is 0 Å². The Balaban J connectivity index is 6.96. The van der Waals surface area contributed by atoms with Gasteiger partial charge in [0.25, 0.3) is 0 Å². The molecule has 0 aromatic heterocycles. The average Bonchev–Trinajstić information content (AvgIpc) is 2.71. The Bertz CT molecular complexity index is 1390. The van der Waals surface area contributed by atoms with E-state index in [4.69, 9.17) is 27.3 Å². The van der Waals surface area contributed by atoms with Gasteiger partial charge in [-0.2, -0.15) is 50.5 Å². The smallest absolute Gasteiger partial charge is 0.282 e. The van der Waals surface area contributed by atoms with E-state index in [-0.39, 0.29) is 0 Å². The zero-order valence-electron chi connectivity index (χ0n) is 19.2. The topological polar surface area (TPSA) is 454 Å². The SMILES string of the molecule is O=S(=O)(O)NOC[C@H](ONS(=O)(=O)O)[C@@H](ONS(=O)(=O)O)[C@H](ONS(=O)(=O)O)[C@@H](CONS(=O)(=O)O)ONS(=O)(=O)O. The van der Waals surface area contributed by atoms with Crippen molar-refractivity contribution in [2.24, 2.45) is 0 Å². The van der Waals surface area contributed by atoms with Crippen molar-refractivity contribution in [2.45, 2.75) is 24.4 Å². The Kier molecular flexibility index (Phi) is 15.9. The zero-order chi connectivity index (χ0) is 33.2. The first-order chi connectivity index (χ1) is 18.6. The van der Waals surface area contributed by atoms with Crippen molar-refractivity contribution < 1.29 is 107 Å². The maximum absolute atomic E-state index is 11.2. The van der Waals surface area contributed by atoms with E-state index in [0.29, 0.717) is 0 Å². The summed E-state index contributed by atoms with van der Waals surface area (Å²) in [5, 5.41) is 0. The van der Waals surface area contributed by atoms with Gasteiger partial charge < -0.3 is 0 Å². The molecular formula is C6H20N6O24S6. The second-order valence-corrected chi connectivity index (χ2v) is 13.2. The molecule has 0 fully saturated rings. The Labute approximate surface area is 235 Å². The van der Waals surface area contributed by atoms with Crippen LogP contribution in [0.15, 0.2) is 0 Å². The lowest BCUT2D eigenvalue weighted by atomic mass is 10.0. The molecule has 30 nitrogen and oxygen atoms in total. The van der Waals surface area contributed by atoms with Gasteiger partial charge in [-0.3, -0.25) is 56.3 Å². The minimum atomic E-state index is -5.51. The number of hydrogen-bond acceptors (Lipinski definition) is 18. The van der Waals surface area contributed by atoms with Crippen LogP contribution in [0.2, 0.25) is 0 Å². The largest absolute Gasteiger partial charge is 0.355 e. The Hall–Kier alpha value is -1.02. The first-order valence-electron chi connectivity index (χ1n) is 8.88. The summed E-state index contributed by atoms with van der Waals surface area (Å²) in [4.78, 5) is 31.1. The van der Waals surface area contributed by atoms with Crippen LogP contribution in [-0.4, -0.2) is 115 Å². The lowest BCUT2D eigenvalue weighted by Crippen LogP contribution is -2.58. The summed E-state index contributed by atoms with van der Waals surface area (Å²) in [6.45, 7) is -3.15. The van der Waals surface area contributed by atoms with Crippen LogP contribution in [0, 0.1) is 0 Å². The predicted octanol–water partition coefficient (Wildman–Crippen LogP) is -7.60. The third-order valence-electron chi connectivity index (χ3n) is 3.07. The van der Waals surface area contributed by atoms with Crippen molar-refractivity contribution in [2.75, 3.05) is 13.2 Å². The molecule has 0 heterocycles. The van der Waals surface area contributed by atoms with E-state index in [1.54, 1.807) is 0 Å². The molecular weight excluding hydrogens is 732 g/mol. The minimum Gasteiger partial charge on any atom is -0.282 e. The highest BCUT2D eigenvalue weighted by atomic mass is 32.3. The molecule has 0 bridgehead atoms. The van der Waals surface area contributed by atoms with Crippen molar-refractivity contribution in [1.29, 1.82) is 0 Å². The van der Waals surface area contributed by atoms with E-state index in [0.717, 1.165) is 29.3 Å². The number of hydrogen-bond donors (Lipinski definition) is 12. The molecule has 0 unspecified atom stereocenters. The fourth-order valence-electron chi connectivity index (χ4n) is 1.96. The standard InChI is InChI=1S/C6H20N6O24S6/c13-37(14,15)7-31-1-3(33-9-39(19,20)21)5(35-11-41(25,26)27)6(36-12-42(28,29)30)4(34-10-40(22,23)24)2-32-8-38(16,17)18/h3-12H,1-2H2,(H,13,14,15)(H,16,17,18)(H,19,20,21)(H,22,23,24)(H,25,26,27)(H,28,29,30)/t3-,4+,5-,6-/m1/s1. The van der Waals surface area contributed by atoms with Crippen LogP contribution >= 0.6 is 0 Å². The molecule has 0 rings (SSSR count). The molecule has 254 valence electrons.